The fraction of sp³-hybridized carbons (Fsp3) is 0.667. The number of nitrogens with zero attached hydrogens (tertiary/aromatic N) is 2. The van der Waals surface area contributed by atoms with Gasteiger partial charge in [-0.1, -0.05) is 32.1 Å². The summed E-state index contributed by atoms with van der Waals surface area (Å²) >= 11 is 0. The number of carbonyl (C=O) groups excluding carboxylic acids is 1. The highest BCUT2D eigenvalue weighted by Crippen LogP contribution is 2.26. The van der Waals surface area contributed by atoms with Crippen LogP contribution in [0.5, 0.6) is 0 Å². The summed E-state index contributed by atoms with van der Waals surface area (Å²) in [6, 6.07) is 1.39. The largest absolute Gasteiger partial charge is 0.364 e. The Bertz CT molecular complexity index is 628. The first-order valence-electron chi connectivity index (χ1n) is 7.78. The molecule has 0 atom stereocenters. The van der Waals surface area contributed by atoms with Gasteiger partial charge in [-0.15, -0.1) is 0 Å². The van der Waals surface area contributed by atoms with Crippen LogP contribution < -0.4 is 5.73 Å². The maximum absolute atomic E-state index is 12.8. The van der Waals surface area contributed by atoms with Gasteiger partial charge in [-0.25, -0.2) is 8.42 Å². The van der Waals surface area contributed by atoms with E-state index in [-0.39, 0.29) is 16.6 Å². The van der Waals surface area contributed by atoms with E-state index in [1.54, 1.807) is 14.1 Å². The number of nitrogens with two attached hydrogens (primary N) is 1. The lowest BCUT2D eigenvalue weighted by molar-refractivity contribution is 0.0992. The van der Waals surface area contributed by atoms with Crippen molar-refractivity contribution in [2.75, 3.05) is 7.05 Å². The molecule has 7 heteroatoms. The quantitative estimate of drug-likeness (QED) is 0.916. The second-order valence-corrected chi connectivity index (χ2v) is 8.05. The summed E-state index contributed by atoms with van der Waals surface area (Å²) < 4.78 is 28.5. The molecule has 1 aromatic heterocycles. The molecule has 0 spiro atoms. The summed E-state index contributed by atoms with van der Waals surface area (Å²) in [5.41, 5.74) is 5.46. The molecule has 1 fully saturated rings. The lowest BCUT2D eigenvalue weighted by Crippen LogP contribution is -2.37. The Balaban J connectivity index is 2.24. The molecule has 1 amide bonds. The van der Waals surface area contributed by atoms with Gasteiger partial charge in [0.2, 0.25) is 10.0 Å². The van der Waals surface area contributed by atoms with Crippen LogP contribution in [0.25, 0.3) is 0 Å². The van der Waals surface area contributed by atoms with Crippen LogP contribution in [0, 0.1) is 0 Å². The fourth-order valence-electron chi connectivity index (χ4n) is 3.08. The van der Waals surface area contributed by atoms with Crippen LogP contribution in [0.2, 0.25) is 0 Å². The molecule has 0 radical (unpaired) electrons. The van der Waals surface area contributed by atoms with Gasteiger partial charge in [0.25, 0.3) is 5.91 Å². The molecule has 22 heavy (non-hydrogen) atoms. The van der Waals surface area contributed by atoms with Gasteiger partial charge >= 0.3 is 0 Å². The molecule has 0 bridgehead atoms. The number of amides is 1. The van der Waals surface area contributed by atoms with Crippen molar-refractivity contribution in [3.8, 4) is 0 Å². The minimum absolute atomic E-state index is 0.0301. The predicted molar refractivity (Wildman–Crippen MR) is 85.0 cm³/mol. The molecular weight excluding hydrogens is 302 g/mol. The normalized spacial score (nSPS) is 18.1. The van der Waals surface area contributed by atoms with Crippen molar-refractivity contribution in [2.24, 2.45) is 12.8 Å². The number of aryl methyl sites for hydroxylation is 1. The van der Waals surface area contributed by atoms with Gasteiger partial charge in [-0.05, 0) is 18.9 Å². The van der Waals surface area contributed by atoms with Crippen molar-refractivity contribution in [2.45, 2.75) is 55.9 Å². The molecular formula is C15H25N3O3S. The maximum Gasteiger partial charge on any atom is 0.265 e. The number of primary amides is 1. The van der Waals surface area contributed by atoms with E-state index >= 15 is 0 Å². The predicted octanol–water partition coefficient (Wildman–Crippen LogP) is 1.86. The average Bonchev–Trinajstić information content (AvgIpc) is 2.80. The molecule has 0 saturated heterocycles. The molecule has 0 unspecified atom stereocenters. The van der Waals surface area contributed by atoms with Crippen LogP contribution in [-0.4, -0.2) is 36.3 Å². The van der Waals surface area contributed by atoms with Crippen molar-refractivity contribution in [3.63, 3.8) is 0 Å². The lowest BCUT2D eigenvalue weighted by Gasteiger charge is -2.28. The Labute approximate surface area is 132 Å². The number of carbonyl (C=O) groups is 1. The smallest absolute Gasteiger partial charge is 0.265 e. The van der Waals surface area contributed by atoms with Crippen LogP contribution in [0.1, 0.15) is 55.4 Å². The van der Waals surface area contributed by atoms with Crippen molar-refractivity contribution >= 4 is 15.9 Å². The lowest BCUT2D eigenvalue weighted by atomic mass is 9.97. The van der Waals surface area contributed by atoms with Crippen LogP contribution in [-0.2, 0) is 17.1 Å². The summed E-state index contributed by atoms with van der Waals surface area (Å²) in [6.07, 6.45) is 8.94. The summed E-state index contributed by atoms with van der Waals surface area (Å²) in [7, 11) is -0.340. The zero-order valence-electron chi connectivity index (χ0n) is 13.3. The Hall–Kier alpha value is -1.34. The summed E-state index contributed by atoms with van der Waals surface area (Å²) in [5, 5.41) is 0. The fourth-order valence-corrected chi connectivity index (χ4v) is 4.57. The standard InChI is InChI=1S/C15H25N3O3S/c1-17-11-13(10-14(17)15(16)19)22(20,21)18(2)12-8-6-4-3-5-7-9-12/h10-12H,3-9H2,1-2H3,(H2,16,19). The van der Waals surface area contributed by atoms with Gasteiger partial charge in [0.05, 0.1) is 0 Å². The minimum atomic E-state index is -3.60. The van der Waals surface area contributed by atoms with E-state index in [4.69, 9.17) is 5.73 Å². The van der Waals surface area contributed by atoms with Crippen LogP contribution in [0.3, 0.4) is 0 Å². The second-order valence-electron chi connectivity index (χ2n) is 6.06. The highest BCUT2D eigenvalue weighted by molar-refractivity contribution is 7.89. The van der Waals surface area contributed by atoms with E-state index in [2.05, 4.69) is 0 Å². The van der Waals surface area contributed by atoms with Gasteiger partial charge in [-0.2, -0.15) is 4.31 Å². The van der Waals surface area contributed by atoms with E-state index in [0.29, 0.717) is 0 Å². The monoisotopic (exact) mass is 327 g/mol. The first-order chi connectivity index (χ1) is 10.3. The molecule has 6 nitrogen and oxygen atoms in total. The van der Waals surface area contributed by atoms with E-state index in [0.717, 1.165) is 25.7 Å². The third-order valence-electron chi connectivity index (χ3n) is 4.50. The van der Waals surface area contributed by atoms with Gasteiger partial charge in [0.1, 0.15) is 10.6 Å². The highest BCUT2D eigenvalue weighted by atomic mass is 32.2. The topological polar surface area (TPSA) is 85.4 Å². The van der Waals surface area contributed by atoms with Crippen LogP contribution in [0.15, 0.2) is 17.2 Å². The van der Waals surface area contributed by atoms with Crippen molar-refractivity contribution in [1.82, 2.24) is 8.87 Å². The molecule has 0 aliphatic heterocycles. The SMILES string of the molecule is CN(C1CCCCCCC1)S(=O)(=O)c1cc(C(N)=O)n(C)c1. The molecule has 0 aromatic carbocycles. The first kappa shape index (κ1) is 17.0. The zero-order chi connectivity index (χ0) is 16.3. The second kappa shape index (κ2) is 6.83. The Morgan fingerprint density at radius 2 is 1.77 bits per heavy atom. The minimum Gasteiger partial charge on any atom is -0.364 e. The summed E-state index contributed by atoms with van der Waals surface area (Å²) in [4.78, 5) is 11.4. The average molecular weight is 327 g/mol. The number of sulfonamides is 1. The molecule has 1 saturated carbocycles. The molecule has 1 aliphatic carbocycles. The van der Waals surface area contributed by atoms with E-state index in [1.807, 2.05) is 0 Å². The molecule has 2 N–H and O–H groups in total. The van der Waals surface area contributed by atoms with Crippen molar-refractivity contribution < 1.29 is 13.2 Å². The van der Waals surface area contributed by atoms with Gasteiger partial charge < -0.3 is 10.3 Å². The molecule has 1 aromatic rings. The third-order valence-corrected chi connectivity index (χ3v) is 6.37. The first-order valence-corrected chi connectivity index (χ1v) is 9.22. The van der Waals surface area contributed by atoms with Crippen LogP contribution in [0.4, 0.5) is 0 Å². The summed E-state index contributed by atoms with van der Waals surface area (Å²) in [6.45, 7) is 0. The zero-order valence-corrected chi connectivity index (χ0v) is 14.1. The van der Waals surface area contributed by atoms with E-state index in [9.17, 15) is 13.2 Å². The number of hydrogen-bond donors (Lipinski definition) is 1. The molecule has 1 aliphatic rings. The highest BCUT2D eigenvalue weighted by Gasteiger charge is 2.29. The molecule has 1 heterocycles. The van der Waals surface area contributed by atoms with Gasteiger partial charge in [-0.3, -0.25) is 4.79 Å². The molecule has 124 valence electrons. The van der Waals surface area contributed by atoms with E-state index in [1.165, 1.54) is 40.4 Å². The van der Waals surface area contributed by atoms with Crippen molar-refractivity contribution in [1.29, 1.82) is 0 Å². The third kappa shape index (κ3) is 3.52. The van der Waals surface area contributed by atoms with Gasteiger partial charge in [0, 0.05) is 26.3 Å². The number of aromatic nitrogens is 1. The van der Waals surface area contributed by atoms with E-state index < -0.39 is 15.9 Å². The Morgan fingerprint density at radius 1 is 1.23 bits per heavy atom. The Morgan fingerprint density at radius 3 is 2.27 bits per heavy atom. The molecule has 2 rings (SSSR count). The number of rotatable bonds is 4. The van der Waals surface area contributed by atoms with Gasteiger partial charge in [0.15, 0.2) is 0 Å². The van der Waals surface area contributed by atoms with Crippen molar-refractivity contribution in [3.05, 3.63) is 18.0 Å². The Kier molecular flexibility index (Phi) is 5.28. The number of hydrogen-bond acceptors (Lipinski definition) is 3. The van der Waals surface area contributed by atoms with Crippen LogP contribution >= 0.6 is 0 Å². The maximum atomic E-state index is 12.8. The summed E-state index contributed by atoms with van der Waals surface area (Å²) in [5.74, 6) is -0.627.